The lowest BCUT2D eigenvalue weighted by Gasteiger charge is -2.16. The maximum Gasteiger partial charge on any atom is 0.0416 e. The van der Waals surface area contributed by atoms with E-state index in [1.165, 1.54) is 44.8 Å². The molecule has 0 saturated heterocycles. The van der Waals surface area contributed by atoms with Gasteiger partial charge in [0.2, 0.25) is 0 Å². The van der Waals surface area contributed by atoms with E-state index in [4.69, 9.17) is 0 Å². The molecule has 1 nitrogen and oxygen atoms in total. The largest absolute Gasteiger partial charge is 0.355 e. The Morgan fingerprint density at radius 1 is 0.667 bits per heavy atom. The Morgan fingerprint density at radius 2 is 1.27 bits per heavy atom. The van der Waals surface area contributed by atoms with Crippen LogP contribution in [0.25, 0.3) is 0 Å². The van der Waals surface area contributed by atoms with Crippen molar-refractivity contribution in [1.82, 2.24) is 0 Å². The predicted octanol–water partition coefficient (Wildman–Crippen LogP) is 8.03. The lowest BCUT2D eigenvalue weighted by Crippen LogP contribution is -2.00. The first-order valence-electron chi connectivity index (χ1n) is 11.3. The van der Waals surface area contributed by atoms with E-state index in [1.807, 2.05) is 0 Å². The Labute approximate surface area is 183 Å². The van der Waals surface area contributed by atoms with E-state index in [9.17, 15) is 0 Å². The number of hydrogen-bond donors (Lipinski definition) is 1. The fourth-order valence-electron chi connectivity index (χ4n) is 4.16. The topological polar surface area (TPSA) is 12.0 Å². The van der Waals surface area contributed by atoms with Crippen LogP contribution < -0.4 is 5.32 Å². The maximum atomic E-state index is 3.65. The molecule has 158 valence electrons. The van der Waals surface area contributed by atoms with Crippen LogP contribution in [0.3, 0.4) is 0 Å². The number of benzene rings is 3. The fourth-order valence-corrected chi connectivity index (χ4v) is 4.16. The van der Waals surface area contributed by atoms with Crippen LogP contribution in [0.2, 0.25) is 0 Å². The second-order valence-corrected chi connectivity index (χ2v) is 9.61. The molecule has 0 spiro atoms. The second-order valence-electron chi connectivity index (χ2n) is 9.61. The zero-order valence-electron chi connectivity index (χ0n) is 19.5. The molecule has 0 aromatic heterocycles. The number of anilines is 2. The molecule has 3 aromatic rings. The van der Waals surface area contributed by atoms with Crippen LogP contribution in [-0.4, -0.2) is 0 Å². The van der Waals surface area contributed by atoms with Gasteiger partial charge in [-0.15, -0.1) is 0 Å². The Hall–Kier alpha value is -2.54. The summed E-state index contributed by atoms with van der Waals surface area (Å²) in [4.78, 5) is 0. The summed E-state index contributed by atoms with van der Waals surface area (Å²) in [5, 5.41) is 3.65. The van der Waals surface area contributed by atoms with Crippen LogP contribution >= 0.6 is 0 Å². The smallest absolute Gasteiger partial charge is 0.0416 e. The molecule has 1 N–H and O–H groups in total. The van der Waals surface area contributed by atoms with E-state index >= 15 is 0 Å². The highest BCUT2D eigenvalue weighted by atomic mass is 14.9. The van der Waals surface area contributed by atoms with Gasteiger partial charge < -0.3 is 5.32 Å². The van der Waals surface area contributed by atoms with Crippen molar-refractivity contribution >= 4 is 11.4 Å². The summed E-state index contributed by atoms with van der Waals surface area (Å²) < 4.78 is 0. The predicted molar refractivity (Wildman–Crippen MR) is 132 cm³/mol. The van der Waals surface area contributed by atoms with Gasteiger partial charge in [-0.05, 0) is 96.5 Å². The summed E-state index contributed by atoms with van der Waals surface area (Å²) in [6.45, 7) is 13.5. The molecule has 30 heavy (non-hydrogen) atoms. The zero-order chi connectivity index (χ0) is 21.7. The second kappa shape index (κ2) is 9.98. The fraction of sp³-hybridized carbons (Fsp3) is 0.379. The molecule has 0 heterocycles. The quantitative estimate of drug-likeness (QED) is 0.404. The molecule has 0 atom stereocenters. The normalized spacial score (nSPS) is 11.3. The number of hydrogen-bond acceptors (Lipinski definition) is 1. The first-order chi connectivity index (χ1) is 14.3. The van der Waals surface area contributed by atoms with E-state index in [-0.39, 0.29) is 0 Å². The van der Waals surface area contributed by atoms with Crippen molar-refractivity contribution in [2.75, 3.05) is 5.32 Å². The third-order valence-electron chi connectivity index (χ3n) is 5.56. The van der Waals surface area contributed by atoms with Gasteiger partial charge in [-0.1, -0.05) is 70.2 Å². The molecular formula is C29H37N. The minimum Gasteiger partial charge on any atom is -0.355 e. The van der Waals surface area contributed by atoms with Gasteiger partial charge in [0, 0.05) is 11.4 Å². The number of nitrogens with one attached hydrogen (secondary N) is 1. The first kappa shape index (κ1) is 22.2. The maximum absolute atomic E-state index is 3.65. The van der Waals surface area contributed by atoms with Crippen LogP contribution in [0.4, 0.5) is 11.4 Å². The van der Waals surface area contributed by atoms with Gasteiger partial charge in [0.25, 0.3) is 0 Å². The van der Waals surface area contributed by atoms with E-state index < -0.39 is 0 Å². The zero-order valence-corrected chi connectivity index (χ0v) is 19.5. The summed E-state index contributed by atoms with van der Waals surface area (Å²) in [6, 6.07) is 22.6. The van der Waals surface area contributed by atoms with Gasteiger partial charge in [0.15, 0.2) is 0 Å². The van der Waals surface area contributed by atoms with Crippen LogP contribution in [0.15, 0.2) is 60.7 Å². The van der Waals surface area contributed by atoms with Crippen LogP contribution in [0.5, 0.6) is 0 Å². The summed E-state index contributed by atoms with van der Waals surface area (Å²) in [6.07, 6.45) is 3.25. The van der Waals surface area contributed by atoms with E-state index in [2.05, 4.69) is 108 Å². The number of aryl methyl sites for hydroxylation is 2. The monoisotopic (exact) mass is 399 g/mol. The third-order valence-corrected chi connectivity index (χ3v) is 5.56. The highest BCUT2D eigenvalue weighted by Crippen LogP contribution is 2.27. The standard InChI is InChI=1S/C29H37N/c1-20(2)13-24-9-7-10-26(17-24)18-27-15-23(6)29(16-22(27)5)30-28-12-8-11-25(19-28)14-21(3)4/h7-12,15-17,19-21,30H,13-14,18H2,1-6H3. The van der Waals surface area contributed by atoms with Gasteiger partial charge in [-0.3, -0.25) is 0 Å². The molecule has 0 saturated carbocycles. The molecule has 3 aromatic carbocycles. The molecule has 0 amide bonds. The average Bonchev–Trinajstić information content (AvgIpc) is 2.65. The van der Waals surface area contributed by atoms with Crippen molar-refractivity contribution in [1.29, 1.82) is 0 Å². The summed E-state index contributed by atoms with van der Waals surface area (Å²) in [5.74, 6) is 1.36. The minimum absolute atomic E-state index is 0.669. The van der Waals surface area contributed by atoms with Crippen molar-refractivity contribution in [2.24, 2.45) is 11.8 Å². The molecule has 0 unspecified atom stereocenters. The van der Waals surface area contributed by atoms with Gasteiger partial charge in [-0.2, -0.15) is 0 Å². The molecule has 0 aliphatic carbocycles. The Bertz CT molecular complexity index is 900. The highest BCUT2D eigenvalue weighted by molar-refractivity contribution is 5.65. The lowest BCUT2D eigenvalue weighted by molar-refractivity contribution is 0.647. The number of rotatable bonds is 8. The third kappa shape index (κ3) is 6.23. The summed E-state index contributed by atoms with van der Waals surface area (Å²) in [5.41, 5.74) is 10.7. The molecule has 0 bridgehead atoms. The van der Waals surface area contributed by atoms with E-state index in [1.54, 1.807) is 0 Å². The summed E-state index contributed by atoms with van der Waals surface area (Å²) >= 11 is 0. The van der Waals surface area contributed by atoms with E-state index in [0.29, 0.717) is 11.8 Å². The van der Waals surface area contributed by atoms with Crippen molar-refractivity contribution in [2.45, 2.75) is 60.8 Å². The van der Waals surface area contributed by atoms with Gasteiger partial charge in [0.1, 0.15) is 0 Å². The average molecular weight is 400 g/mol. The Morgan fingerprint density at radius 3 is 1.93 bits per heavy atom. The van der Waals surface area contributed by atoms with Gasteiger partial charge in [0.05, 0.1) is 0 Å². The van der Waals surface area contributed by atoms with Crippen molar-refractivity contribution in [3.63, 3.8) is 0 Å². The highest BCUT2D eigenvalue weighted by Gasteiger charge is 2.08. The van der Waals surface area contributed by atoms with Crippen LogP contribution in [0.1, 0.15) is 61.1 Å². The van der Waals surface area contributed by atoms with Crippen molar-refractivity contribution in [3.05, 3.63) is 94.0 Å². The van der Waals surface area contributed by atoms with Gasteiger partial charge in [-0.25, -0.2) is 0 Å². The van der Waals surface area contributed by atoms with Crippen molar-refractivity contribution < 1.29 is 0 Å². The minimum atomic E-state index is 0.669. The Kier molecular flexibility index (Phi) is 7.37. The molecule has 3 rings (SSSR count). The molecule has 0 aliphatic heterocycles. The van der Waals surface area contributed by atoms with Crippen LogP contribution in [-0.2, 0) is 19.3 Å². The molecule has 0 aliphatic rings. The molecule has 0 fully saturated rings. The SMILES string of the molecule is Cc1cc(Nc2cccc(CC(C)C)c2)c(C)cc1Cc1cccc(CC(C)C)c1. The first-order valence-corrected chi connectivity index (χ1v) is 11.3. The van der Waals surface area contributed by atoms with Crippen molar-refractivity contribution in [3.8, 4) is 0 Å². The Balaban J connectivity index is 1.77. The van der Waals surface area contributed by atoms with Crippen LogP contribution in [0, 0.1) is 25.7 Å². The van der Waals surface area contributed by atoms with E-state index in [0.717, 1.165) is 19.3 Å². The molecular weight excluding hydrogens is 362 g/mol. The molecule has 0 radical (unpaired) electrons. The lowest BCUT2D eigenvalue weighted by atomic mass is 9.95. The van der Waals surface area contributed by atoms with Gasteiger partial charge >= 0.3 is 0 Å². The summed E-state index contributed by atoms with van der Waals surface area (Å²) in [7, 11) is 0. The molecule has 1 heteroatoms.